The number of carbonyl (C=O) groups is 4. The van der Waals surface area contributed by atoms with Gasteiger partial charge in [-0.15, -0.1) is 0 Å². The molecule has 0 bridgehead atoms. The number of carboxylic acids is 1. The summed E-state index contributed by atoms with van der Waals surface area (Å²) >= 11 is 0. The van der Waals surface area contributed by atoms with E-state index in [1.54, 1.807) is 6.20 Å². The number of nitrogens with two attached hydrogens (primary N) is 2. The Labute approximate surface area is 214 Å². The third kappa shape index (κ3) is 8.53. The monoisotopic (exact) mass is 520 g/mol. The predicted molar refractivity (Wildman–Crippen MR) is 135 cm³/mol. The Kier molecular flexibility index (Phi) is 11.5. The lowest BCUT2D eigenvalue weighted by molar-refractivity contribution is -0.142. The maximum atomic E-state index is 13.2. The van der Waals surface area contributed by atoms with Gasteiger partial charge in [0, 0.05) is 23.5 Å². The molecule has 0 radical (unpaired) electrons. The summed E-state index contributed by atoms with van der Waals surface area (Å²) in [6, 6.07) is 2.09. The lowest BCUT2D eigenvalue weighted by atomic mass is 10.0. The number of hydrogen-bond donors (Lipinski definition) is 9. The van der Waals surface area contributed by atoms with E-state index >= 15 is 0 Å². The van der Waals surface area contributed by atoms with Gasteiger partial charge in [-0.2, -0.15) is 0 Å². The number of aliphatic carboxylic acids is 1. The van der Waals surface area contributed by atoms with Crippen molar-refractivity contribution < 1.29 is 34.5 Å². The molecule has 0 aliphatic carbocycles. The summed E-state index contributed by atoms with van der Waals surface area (Å²) in [6.07, 6.45) is 1.67. The minimum absolute atomic E-state index is 0.00469. The minimum atomic E-state index is -1.48. The number of hydrogen-bond acceptors (Lipinski definition) is 8. The largest absolute Gasteiger partial charge is 0.480 e. The molecule has 0 aliphatic heterocycles. The molecule has 0 aliphatic rings. The van der Waals surface area contributed by atoms with E-state index in [1.807, 2.05) is 24.3 Å². The van der Waals surface area contributed by atoms with E-state index in [2.05, 4.69) is 20.9 Å². The molecule has 1 heterocycles. The molecule has 11 N–H and O–H groups in total. The fraction of sp³-hybridized carbons (Fsp3) is 0.500. The molecule has 0 saturated heterocycles. The van der Waals surface area contributed by atoms with Crippen LogP contribution >= 0.6 is 0 Å². The Bertz CT molecular complexity index is 1070. The van der Waals surface area contributed by atoms with E-state index in [1.165, 1.54) is 6.92 Å². The number of para-hydroxylation sites is 1. The number of H-pyrrole nitrogens is 1. The molecule has 1 aromatic carbocycles. The van der Waals surface area contributed by atoms with Crippen LogP contribution in [0.5, 0.6) is 0 Å². The van der Waals surface area contributed by atoms with Crippen molar-refractivity contribution in [3.63, 3.8) is 0 Å². The van der Waals surface area contributed by atoms with Crippen molar-refractivity contribution in [3.05, 3.63) is 36.0 Å². The summed E-state index contributed by atoms with van der Waals surface area (Å²) in [5.41, 5.74) is 12.6. The number of aliphatic hydroxyl groups is 2. The zero-order valence-corrected chi connectivity index (χ0v) is 20.6. The number of carboxylic acid groups (broad SMARTS) is 1. The van der Waals surface area contributed by atoms with Crippen LogP contribution in [0.4, 0.5) is 0 Å². The number of carbonyl (C=O) groups excluding carboxylic acids is 3. The molecule has 0 spiro atoms. The maximum absolute atomic E-state index is 13.2. The molecule has 2 aromatic rings. The first-order chi connectivity index (χ1) is 17.6. The lowest BCUT2D eigenvalue weighted by Gasteiger charge is -2.25. The second kappa shape index (κ2) is 14.3. The SMILES string of the molecule is CC(O)C(N)C(=O)NC(Cc1c[nH]c2ccccc12)C(=O)NC(CO)C(=O)NC(CCCCN)C(=O)O. The van der Waals surface area contributed by atoms with Crippen LogP contribution in [0, 0.1) is 0 Å². The van der Waals surface area contributed by atoms with Gasteiger partial charge in [0.05, 0.1) is 12.7 Å². The maximum Gasteiger partial charge on any atom is 0.326 e. The van der Waals surface area contributed by atoms with Crippen LogP contribution in [-0.2, 0) is 25.6 Å². The van der Waals surface area contributed by atoms with E-state index in [0.717, 1.165) is 10.9 Å². The number of rotatable bonds is 15. The van der Waals surface area contributed by atoms with E-state index in [-0.39, 0.29) is 12.8 Å². The molecule has 204 valence electrons. The average molecular weight is 521 g/mol. The summed E-state index contributed by atoms with van der Waals surface area (Å²) in [6.45, 7) is 0.892. The highest BCUT2D eigenvalue weighted by Gasteiger charge is 2.31. The highest BCUT2D eigenvalue weighted by Crippen LogP contribution is 2.19. The van der Waals surface area contributed by atoms with Gasteiger partial charge in [-0.3, -0.25) is 14.4 Å². The molecule has 5 unspecified atom stereocenters. The number of fused-ring (bicyclic) bond motifs is 1. The van der Waals surface area contributed by atoms with Gasteiger partial charge in [-0.1, -0.05) is 18.2 Å². The molecular weight excluding hydrogens is 484 g/mol. The Morgan fingerprint density at radius 1 is 0.973 bits per heavy atom. The van der Waals surface area contributed by atoms with Gasteiger partial charge in [-0.05, 0) is 44.4 Å². The summed E-state index contributed by atoms with van der Waals surface area (Å²) in [4.78, 5) is 53.0. The number of nitrogens with one attached hydrogen (secondary N) is 4. The molecule has 3 amide bonds. The number of benzene rings is 1. The standard InChI is InChI=1S/C24H36N6O7/c1-13(32)20(26)23(35)29-18(10-14-11-27-16-7-3-2-6-15(14)16)21(33)30-19(12-31)22(34)28-17(24(36)37)8-4-5-9-25/h2-3,6-7,11,13,17-20,27,31-32H,4-5,8-10,12,25-26H2,1H3,(H,28,34)(H,29,35)(H,30,33)(H,36,37). The van der Waals surface area contributed by atoms with Gasteiger partial charge in [0.25, 0.3) is 0 Å². The third-order valence-electron chi connectivity index (χ3n) is 5.93. The molecule has 2 rings (SSSR count). The van der Waals surface area contributed by atoms with Gasteiger partial charge in [0.1, 0.15) is 24.2 Å². The fourth-order valence-electron chi connectivity index (χ4n) is 3.71. The Balaban J connectivity index is 2.19. The lowest BCUT2D eigenvalue weighted by Crippen LogP contribution is -2.59. The number of aromatic nitrogens is 1. The van der Waals surface area contributed by atoms with Crippen LogP contribution in [0.2, 0.25) is 0 Å². The third-order valence-corrected chi connectivity index (χ3v) is 5.93. The van der Waals surface area contributed by atoms with Crippen LogP contribution in [0.25, 0.3) is 10.9 Å². The molecule has 5 atom stereocenters. The normalized spacial score (nSPS) is 15.3. The minimum Gasteiger partial charge on any atom is -0.480 e. The predicted octanol–water partition coefficient (Wildman–Crippen LogP) is -1.92. The Morgan fingerprint density at radius 2 is 1.59 bits per heavy atom. The molecule has 1 aromatic heterocycles. The van der Waals surface area contributed by atoms with Crippen LogP contribution in [-0.4, -0.2) is 87.4 Å². The fourth-order valence-corrected chi connectivity index (χ4v) is 3.71. The molecule has 13 heteroatoms. The smallest absolute Gasteiger partial charge is 0.326 e. The van der Waals surface area contributed by atoms with Crippen molar-refractivity contribution in [2.24, 2.45) is 11.5 Å². The number of unbranched alkanes of at least 4 members (excludes halogenated alkanes) is 1. The topological polar surface area (TPSA) is 233 Å². The van der Waals surface area contributed by atoms with E-state index in [4.69, 9.17) is 11.5 Å². The van der Waals surface area contributed by atoms with Crippen LogP contribution in [0.15, 0.2) is 30.5 Å². The number of aliphatic hydroxyl groups excluding tert-OH is 2. The first-order valence-electron chi connectivity index (χ1n) is 12.0. The highest BCUT2D eigenvalue weighted by molar-refractivity contribution is 5.95. The van der Waals surface area contributed by atoms with Gasteiger partial charge in [-0.25, -0.2) is 4.79 Å². The molecule has 37 heavy (non-hydrogen) atoms. The van der Waals surface area contributed by atoms with Crippen molar-refractivity contribution in [2.45, 2.75) is 62.9 Å². The van der Waals surface area contributed by atoms with Crippen molar-refractivity contribution in [1.29, 1.82) is 0 Å². The first kappa shape index (κ1) is 29.7. The second-order valence-corrected chi connectivity index (χ2v) is 8.82. The summed E-state index contributed by atoms with van der Waals surface area (Å²) in [7, 11) is 0. The highest BCUT2D eigenvalue weighted by atomic mass is 16.4. The van der Waals surface area contributed by atoms with Crippen LogP contribution in [0.1, 0.15) is 31.7 Å². The van der Waals surface area contributed by atoms with E-state index < -0.39 is 60.6 Å². The van der Waals surface area contributed by atoms with Crippen LogP contribution in [0.3, 0.4) is 0 Å². The summed E-state index contributed by atoms with van der Waals surface area (Å²) < 4.78 is 0. The number of amides is 3. The zero-order chi connectivity index (χ0) is 27.5. The summed E-state index contributed by atoms with van der Waals surface area (Å²) in [5, 5.41) is 36.8. The molecule has 13 nitrogen and oxygen atoms in total. The number of aromatic amines is 1. The summed E-state index contributed by atoms with van der Waals surface area (Å²) in [5.74, 6) is -3.75. The van der Waals surface area contributed by atoms with E-state index in [0.29, 0.717) is 24.9 Å². The van der Waals surface area contributed by atoms with Crippen molar-refractivity contribution >= 4 is 34.6 Å². The van der Waals surface area contributed by atoms with Crippen molar-refractivity contribution in [3.8, 4) is 0 Å². The van der Waals surface area contributed by atoms with Gasteiger partial charge in [0.2, 0.25) is 17.7 Å². The second-order valence-electron chi connectivity index (χ2n) is 8.82. The van der Waals surface area contributed by atoms with Gasteiger partial charge >= 0.3 is 5.97 Å². The van der Waals surface area contributed by atoms with Gasteiger partial charge < -0.3 is 47.7 Å². The zero-order valence-electron chi connectivity index (χ0n) is 20.6. The van der Waals surface area contributed by atoms with E-state index in [9.17, 15) is 34.5 Å². The Hall–Kier alpha value is -3.52. The Morgan fingerprint density at radius 3 is 2.22 bits per heavy atom. The quantitative estimate of drug-likeness (QED) is 0.119. The van der Waals surface area contributed by atoms with Crippen molar-refractivity contribution in [1.82, 2.24) is 20.9 Å². The van der Waals surface area contributed by atoms with Crippen LogP contribution < -0.4 is 27.4 Å². The molecular formula is C24H36N6O7. The van der Waals surface area contributed by atoms with Gasteiger partial charge in [0.15, 0.2) is 0 Å². The average Bonchev–Trinajstić information content (AvgIpc) is 3.28. The molecule has 0 saturated carbocycles. The first-order valence-corrected chi connectivity index (χ1v) is 12.0. The molecule has 0 fully saturated rings. The van der Waals surface area contributed by atoms with Crippen molar-refractivity contribution in [2.75, 3.05) is 13.2 Å².